The monoisotopic (exact) mass is 382 g/mol. The van der Waals surface area contributed by atoms with Crippen LogP contribution in [0, 0.1) is 5.92 Å². The molecular formula is C18H20F2N2O5. The van der Waals surface area contributed by atoms with Gasteiger partial charge in [0.2, 0.25) is 5.91 Å². The Hall–Kier alpha value is -2.71. The Bertz CT molecular complexity index is 762. The van der Waals surface area contributed by atoms with Crippen molar-refractivity contribution in [1.82, 2.24) is 9.80 Å². The first-order valence-electron chi connectivity index (χ1n) is 8.59. The van der Waals surface area contributed by atoms with Gasteiger partial charge in [-0.25, -0.2) is 0 Å². The van der Waals surface area contributed by atoms with E-state index in [1.165, 1.54) is 28.0 Å². The summed E-state index contributed by atoms with van der Waals surface area (Å²) in [6.45, 7) is -2.59. The van der Waals surface area contributed by atoms with E-state index in [9.17, 15) is 28.3 Å². The van der Waals surface area contributed by atoms with Crippen molar-refractivity contribution in [3.8, 4) is 5.75 Å². The minimum absolute atomic E-state index is 0.0272. The van der Waals surface area contributed by atoms with Crippen LogP contribution in [-0.4, -0.2) is 65.0 Å². The Balaban J connectivity index is 1.77. The number of hydrogen-bond acceptors (Lipinski definition) is 4. The average Bonchev–Trinajstić information content (AvgIpc) is 2.87. The lowest BCUT2D eigenvalue weighted by Crippen LogP contribution is -2.57. The lowest BCUT2D eigenvalue weighted by atomic mass is 9.77. The van der Waals surface area contributed by atoms with Crippen LogP contribution in [0.4, 0.5) is 8.78 Å². The summed E-state index contributed by atoms with van der Waals surface area (Å²) in [6, 6.07) is 5.77. The number of ether oxygens (including phenoxy) is 1. The summed E-state index contributed by atoms with van der Waals surface area (Å²) >= 11 is 0. The van der Waals surface area contributed by atoms with Crippen LogP contribution in [0.25, 0.3) is 0 Å². The average molecular weight is 382 g/mol. The molecule has 0 saturated carbocycles. The van der Waals surface area contributed by atoms with Crippen molar-refractivity contribution in [2.24, 2.45) is 5.92 Å². The number of alkyl halides is 2. The van der Waals surface area contributed by atoms with Crippen molar-refractivity contribution in [3.63, 3.8) is 0 Å². The Labute approximate surface area is 154 Å². The summed E-state index contributed by atoms with van der Waals surface area (Å²) in [5.41, 5.74) is -0.794. The van der Waals surface area contributed by atoms with Crippen molar-refractivity contribution < 1.29 is 33.0 Å². The van der Waals surface area contributed by atoms with Crippen molar-refractivity contribution in [2.45, 2.75) is 31.4 Å². The largest absolute Gasteiger partial charge is 0.481 e. The maximum Gasteiger partial charge on any atom is 0.387 e. The fraction of sp³-hybridized carbons (Fsp3) is 0.500. The van der Waals surface area contributed by atoms with E-state index in [1.807, 2.05) is 0 Å². The number of rotatable bonds is 4. The minimum Gasteiger partial charge on any atom is -0.481 e. The number of benzene rings is 1. The summed E-state index contributed by atoms with van der Waals surface area (Å²) in [7, 11) is 1.59. The third-order valence-corrected chi connectivity index (χ3v) is 5.62. The lowest BCUT2D eigenvalue weighted by molar-refractivity contribution is -0.145. The maximum atomic E-state index is 12.8. The first-order valence-corrected chi connectivity index (χ1v) is 8.59. The molecule has 0 aromatic heterocycles. The highest BCUT2D eigenvalue weighted by atomic mass is 19.3. The Morgan fingerprint density at radius 2 is 1.89 bits per heavy atom. The number of nitrogens with zero attached hydrogens (tertiary/aromatic N) is 2. The third-order valence-electron chi connectivity index (χ3n) is 5.62. The quantitative estimate of drug-likeness (QED) is 0.859. The van der Waals surface area contributed by atoms with Gasteiger partial charge in [-0.05, 0) is 25.0 Å². The number of piperidine rings is 1. The van der Waals surface area contributed by atoms with Gasteiger partial charge in [0.25, 0.3) is 5.91 Å². The van der Waals surface area contributed by atoms with Gasteiger partial charge in [-0.3, -0.25) is 14.4 Å². The number of likely N-dealkylation sites (tertiary alicyclic amines) is 2. The third kappa shape index (κ3) is 3.33. The van der Waals surface area contributed by atoms with Gasteiger partial charge in [0.05, 0.1) is 17.0 Å². The fourth-order valence-corrected chi connectivity index (χ4v) is 4.09. The molecule has 0 aliphatic carbocycles. The number of carboxylic acids is 1. The van der Waals surface area contributed by atoms with E-state index in [4.69, 9.17) is 0 Å². The zero-order chi connectivity index (χ0) is 19.8. The first-order chi connectivity index (χ1) is 12.8. The van der Waals surface area contributed by atoms with Crippen LogP contribution in [-0.2, 0) is 9.59 Å². The molecule has 2 aliphatic rings. The minimum atomic E-state index is -3.04. The van der Waals surface area contributed by atoms with E-state index < -0.39 is 29.9 Å². The zero-order valence-corrected chi connectivity index (χ0v) is 14.7. The molecule has 2 amide bonds. The van der Waals surface area contributed by atoms with Gasteiger partial charge in [-0.15, -0.1) is 0 Å². The van der Waals surface area contributed by atoms with E-state index in [2.05, 4.69) is 4.74 Å². The smallest absolute Gasteiger partial charge is 0.387 e. The number of carbonyl (C=O) groups excluding carboxylic acids is 2. The number of amides is 2. The van der Waals surface area contributed by atoms with Crippen LogP contribution in [0.15, 0.2) is 24.3 Å². The molecule has 1 aromatic carbocycles. The van der Waals surface area contributed by atoms with Gasteiger partial charge in [-0.2, -0.15) is 8.78 Å². The van der Waals surface area contributed by atoms with E-state index in [0.717, 1.165) is 0 Å². The zero-order valence-electron chi connectivity index (χ0n) is 14.7. The number of aliphatic carboxylic acids is 1. The standard InChI is InChI=1S/C18H20F2N2O5/c1-21-14(23)10-12(16(25)26)18(21)6-8-22(9-7-18)15(24)11-4-2-3-5-13(11)27-17(19)20/h2-5,12,17H,6-10H2,1H3,(H,25,26). The molecule has 27 heavy (non-hydrogen) atoms. The molecule has 1 N–H and O–H groups in total. The van der Waals surface area contributed by atoms with Gasteiger partial charge in [0.1, 0.15) is 5.75 Å². The van der Waals surface area contributed by atoms with Crippen LogP contribution < -0.4 is 4.74 Å². The lowest BCUT2D eigenvalue weighted by Gasteiger charge is -2.45. The topological polar surface area (TPSA) is 87.2 Å². The highest BCUT2D eigenvalue weighted by molar-refractivity contribution is 5.97. The molecule has 9 heteroatoms. The van der Waals surface area contributed by atoms with Crippen molar-refractivity contribution in [2.75, 3.05) is 20.1 Å². The summed E-state index contributed by atoms with van der Waals surface area (Å²) in [5.74, 6) is -2.72. The summed E-state index contributed by atoms with van der Waals surface area (Å²) in [5, 5.41) is 9.49. The maximum absolute atomic E-state index is 12.8. The van der Waals surface area contributed by atoms with Gasteiger partial charge >= 0.3 is 12.6 Å². The molecule has 0 radical (unpaired) electrons. The molecule has 1 aromatic rings. The molecule has 2 heterocycles. The predicted octanol–water partition coefficient (Wildman–Crippen LogP) is 1.83. The number of carbonyl (C=O) groups is 3. The van der Waals surface area contributed by atoms with Crippen LogP contribution in [0.2, 0.25) is 0 Å². The second-order valence-electron chi connectivity index (χ2n) is 6.82. The molecule has 3 rings (SSSR count). The van der Waals surface area contributed by atoms with E-state index in [1.54, 1.807) is 13.1 Å². The molecular weight excluding hydrogens is 362 g/mol. The molecule has 0 bridgehead atoms. The Morgan fingerprint density at radius 1 is 1.26 bits per heavy atom. The molecule has 7 nitrogen and oxygen atoms in total. The van der Waals surface area contributed by atoms with Crippen LogP contribution in [0.1, 0.15) is 29.6 Å². The Morgan fingerprint density at radius 3 is 2.48 bits per heavy atom. The van der Waals surface area contributed by atoms with Crippen molar-refractivity contribution in [3.05, 3.63) is 29.8 Å². The van der Waals surface area contributed by atoms with E-state index in [-0.39, 0.29) is 36.7 Å². The molecule has 146 valence electrons. The second kappa shape index (κ2) is 7.13. The number of halogens is 2. The van der Waals surface area contributed by atoms with Crippen LogP contribution in [0.5, 0.6) is 5.75 Å². The molecule has 2 aliphatic heterocycles. The molecule has 2 saturated heterocycles. The summed E-state index contributed by atoms with van der Waals surface area (Å²) < 4.78 is 29.5. The summed E-state index contributed by atoms with van der Waals surface area (Å²) in [6.07, 6.45) is 0.580. The Kier molecular flexibility index (Phi) is 5.03. The van der Waals surface area contributed by atoms with Crippen LogP contribution in [0.3, 0.4) is 0 Å². The first kappa shape index (κ1) is 19.1. The van der Waals surface area contributed by atoms with Gasteiger partial charge in [-0.1, -0.05) is 12.1 Å². The number of para-hydroxylation sites is 1. The highest BCUT2D eigenvalue weighted by Crippen LogP contribution is 2.43. The van der Waals surface area contributed by atoms with Gasteiger partial charge in [0, 0.05) is 26.6 Å². The molecule has 1 atom stereocenters. The van der Waals surface area contributed by atoms with Crippen molar-refractivity contribution in [1.29, 1.82) is 0 Å². The molecule has 1 unspecified atom stereocenters. The second-order valence-corrected chi connectivity index (χ2v) is 6.82. The highest BCUT2D eigenvalue weighted by Gasteiger charge is 2.55. The number of carboxylic acid groups (broad SMARTS) is 1. The SMILES string of the molecule is CN1C(=O)CC(C(=O)O)C12CCN(C(=O)c1ccccc1OC(F)F)CC2. The molecule has 2 fully saturated rings. The predicted molar refractivity (Wildman–Crippen MR) is 89.5 cm³/mol. The van der Waals surface area contributed by atoms with Crippen molar-refractivity contribution >= 4 is 17.8 Å². The summed E-state index contributed by atoms with van der Waals surface area (Å²) in [4.78, 5) is 39.4. The van der Waals surface area contributed by atoms with Crippen LogP contribution >= 0.6 is 0 Å². The fourth-order valence-electron chi connectivity index (χ4n) is 4.09. The normalized spacial score (nSPS) is 21.8. The van der Waals surface area contributed by atoms with E-state index >= 15 is 0 Å². The van der Waals surface area contributed by atoms with Gasteiger partial charge < -0.3 is 19.6 Å². The molecule has 1 spiro atoms. The number of hydrogen-bond donors (Lipinski definition) is 1. The van der Waals surface area contributed by atoms with Gasteiger partial charge in [0.15, 0.2) is 0 Å². The van der Waals surface area contributed by atoms with E-state index in [0.29, 0.717) is 12.8 Å².